The molecule has 13 heavy (non-hydrogen) atoms. The maximum atomic E-state index is 7.42. The molecule has 0 radical (unpaired) electrons. The van der Waals surface area contributed by atoms with Gasteiger partial charge in [-0.15, -0.1) is 0 Å². The normalized spacial score (nSPS) is 9.77. The molecule has 3 N–H and O–H groups in total. The van der Waals surface area contributed by atoms with Gasteiger partial charge >= 0.3 is 0 Å². The van der Waals surface area contributed by atoms with Crippen molar-refractivity contribution in [1.82, 2.24) is 4.98 Å². The molecule has 0 fully saturated rings. The Morgan fingerprint density at radius 3 is 2.69 bits per heavy atom. The Kier molecular flexibility index (Phi) is 2.51. The second-order valence-corrected chi connectivity index (χ2v) is 2.88. The number of anilines is 1. The van der Waals surface area contributed by atoms with E-state index in [1.54, 1.807) is 20.1 Å². The number of nitrogens with two attached hydrogens (primary N) is 1. The molecule has 0 bridgehead atoms. The maximum absolute atomic E-state index is 7.42. The molecule has 0 atom stereocenters. The predicted octanol–water partition coefficient (Wildman–Crippen LogP) is 1.37. The smallest absolute Gasteiger partial charge is 0.216 e. The van der Waals surface area contributed by atoms with Gasteiger partial charge in [-0.3, -0.25) is 0 Å². The summed E-state index contributed by atoms with van der Waals surface area (Å²) in [5.74, 6) is 0.524. The summed E-state index contributed by atoms with van der Waals surface area (Å²) < 4.78 is 5.03. The number of aryl methyl sites for hydroxylation is 1. The number of nitrogens with one attached hydrogen (secondary N) is 1. The van der Waals surface area contributed by atoms with Gasteiger partial charge < -0.3 is 15.9 Å². The van der Waals surface area contributed by atoms with E-state index in [1.165, 1.54) is 0 Å². The molecule has 1 aromatic heterocycles. The number of methoxy groups -OCH3 is 1. The van der Waals surface area contributed by atoms with Gasteiger partial charge in [0.2, 0.25) is 5.88 Å². The Morgan fingerprint density at radius 1 is 1.62 bits per heavy atom. The lowest BCUT2D eigenvalue weighted by Crippen LogP contribution is -2.05. The van der Waals surface area contributed by atoms with Crippen LogP contribution in [0.3, 0.4) is 0 Å². The summed E-state index contributed by atoms with van der Waals surface area (Å²) in [5, 5.41) is 7.42. The Labute approximate surface area is 77.2 Å². The molecule has 1 rings (SSSR count). The molecule has 0 unspecified atom stereocenters. The molecule has 0 aromatic carbocycles. The molecule has 0 saturated heterocycles. The van der Waals surface area contributed by atoms with Crippen molar-refractivity contribution in [2.75, 3.05) is 12.8 Å². The highest BCUT2D eigenvalue weighted by Crippen LogP contribution is 2.20. The summed E-state index contributed by atoms with van der Waals surface area (Å²) in [7, 11) is 1.55. The van der Waals surface area contributed by atoms with Gasteiger partial charge in [-0.05, 0) is 19.9 Å². The topological polar surface area (TPSA) is 72.0 Å². The SMILES string of the molecule is COc1nc(C(C)=N)c(N)cc1C. The molecule has 0 saturated carbocycles. The number of hydrogen-bond acceptors (Lipinski definition) is 4. The van der Waals surface area contributed by atoms with Crippen LogP contribution in [0, 0.1) is 12.3 Å². The number of pyridine rings is 1. The number of rotatable bonds is 2. The van der Waals surface area contributed by atoms with Gasteiger partial charge in [-0.2, -0.15) is 0 Å². The molecule has 0 spiro atoms. The highest BCUT2D eigenvalue weighted by molar-refractivity contribution is 5.99. The first-order valence-electron chi connectivity index (χ1n) is 3.93. The molecule has 0 amide bonds. The van der Waals surface area contributed by atoms with Crippen LogP contribution in [0.25, 0.3) is 0 Å². The Balaban J connectivity index is 3.30. The highest BCUT2D eigenvalue weighted by Gasteiger charge is 2.08. The fourth-order valence-electron chi connectivity index (χ4n) is 1.12. The molecule has 1 aromatic rings. The fraction of sp³-hybridized carbons (Fsp3) is 0.333. The Morgan fingerprint density at radius 2 is 2.23 bits per heavy atom. The lowest BCUT2D eigenvalue weighted by atomic mass is 10.2. The minimum atomic E-state index is 0.343. The van der Waals surface area contributed by atoms with Gasteiger partial charge in [-0.25, -0.2) is 4.98 Å². The van der Waals surface area contributed by atoms with Crippen molar-refractivity contribution < 1.29 is 4.74 Å². The van der Waals surface area contributed by atoms with Crippen molar-refractivity contribution in [1.29, 1.82) is 5.41 Å². The monoisotopic (exact) mass is 179 g/mol. The summed E-state index contributed by atoms with van der Waals surface area (Å²) in [6.07, 6.45) is 0. The zero-order valence-corrected chi connectivity index (χ0v) is 8.01. The van der Waals surface area contributed by atoms with E-state index < -0.39 is 0 Å². The maximum Gasteiger partial charge on any atom is 0.216 e. The van der Waals surface area contributed by atoms with Crippen LogP contribution in [0.1, 0.15) is 18.2 Å². The van der Waals surface area contributed by atoms with Gasteiger partial charge in [0.05, 0.1) is 18.5 Å². The summed E-state index contributed by atoms with van der Waals surface area (Å²) in [6.45, 7) is 3.51. The van der Waals surface area contributed by atoms with E-state index in [0.29, 0.717) is 23.0 Å². The van der Waals surface area contributed by atoms with Crippen LogP contribution in [0.5, 0.6) is 5.88 Å². The summed E-state index contributed by atoms with van der Waals surface area (Å²) in [4.78, 5) is 4.12. The molecule has 4 heteroatoms. The second-order valence-electron chi connectivity index (χ2n) is 2.88. The highest BCUT2D eigenvalue weighted by atomic mass is 16.5. The van der Waals surface area contributed by atoms with E-state index in [2.05, 4.69) is 4.98 Å². The van der Waals surface area contributed by atoms with E-state index in [9.17, 15) is 0 Å². The third kappa shape index (κ3) is 1.77. The molecular formula is C9H13N3O. The lowest BCUT2D eigenvalue weighted by Gasteiger charge is -2.08. The van der Waals surface area contributed by atoms with Crippen molar-refractivity contribution in [3.05, 3.63) is 17.3 Å². The number of aromatic nitrogens is 1. The number of nitrogens with zero attached hydrogens (tertiary/aromatic N) is 1. The van der Waals surface area contributed by atoms with Crippen LogP contribution >= 0.6 is 0 Å². The van der Waals surface area contributed by atoms with Crippen LogP contribution in [0.4, 0.5) is 5.69 Å². The van der Waals surface area contributed by atoms with Gasteiger partial charge in [0, 0.05) is 5.56 Å². The van der Waals surface area contributed by atoms with Gasteiger partial charge in [0.15, 0.2) is 0 Å². The first kappa shape index (κ1) is 9.51. The largest absolute Gasteiger partial charge is 0.481 e. The third-order valence-electron chi connectivity index (χ3n) is 1.74. The van der Waals surface area contributed by atoms with E-state index in [4.69, 9.17) is 15.9 Å². The first-order valence-corrected chi connectivity index (χ1v) is 3.93. The van der Waals surface area contributed by atoms with Crippen molar-refractivity contribution >= 4 is 11.4 Å². The molecule has 0 aliphatic heterocycles. The average molecular weight is 179 g/mol. The van der Waals surface area contributed by atoms with Crippen molar-refractivity contribution in [2.45, 2.75) is 13.8 Å². The van der Waals surface area contributed by atoms with Crippen molar-refractivity contribution in [3.8, 4) is 5.88 Å². The summed E-state index contributed by atoms with van der Waals surface area (Å²) in [6, 6.07) is 1.76. The molecule has 1 heterocycles. The fourth-order valence-corrected chi connectivity index (χ4v) is 1.12. The van der Waals surface area contributed by atoms with Gasteiger partial charge in [0.1, 0.15) is 5.69 Å². The molecule has 0 aliphatic carbocycles. The molecule has 0 aliphatic rings. The van der Waals surface area contributed by atoms with Gasteiger partial charge in [-0.1, -0.05) is 0 Å². The number of nitrogen functional groups attached to an aromatic ring is 1. The zero-order valence-electron chi connectivity index (χ0n) is 8.01. The first-order chi connectivity index (χ1) is 6.06. The lowest BCUT2D eigenvalue weighted by molar-refractivity contribution is 0.394. The summed E-state index contributed by atoms with van der Waals surface area (Å²) in [5.41, 5.74) is 7.92. The zero-order chi connectivity index (χ0) is 10.0. The minimum absolute atomic E-state index is 0.343. The van der Waals surface area contributed by atoms with E-state index in [0.717, 1.165) is 5.56 Å². The average Bonchev–Trinajstić information content (AvgIpc) is 2.03. The second kappa shape index (κ2) is 3.43. The van der Waals surface area contributed by atoms with Crippen LogP contribution < -0.4 is 10.5 Å². The van der Waals surface area contributed by atoms with Crippen molar-refractivity contribution in [2.24, 2.45) is 0 Å². The molecule has 70 valence electrons. The van der Waals surface area contributed by atoms with Crippen molar-refractivity contribution in [3.63, 3.8) is 0 Å². The summed E-state index contributed by atoms with van der Waals surface area (Å²) >= 11 is 0. The van der Waals surface area contributed by atoms with Crippen LogP contribution in [-0.4, -0.2) is 17.8 Å². The molecular weight excluding hydrogens is 166 g/mol. The van der Waals surface area contributed by atoms with E-state index >= 15 is 0 Å². The Hall–Kier alpha value is -1.58. The van der Waals surface area contributed by atoms with E-state index in [-0.39, 0.29) is 0 Å². The minimum Gasteiger partial charge on any atom is -0.481 e. The van der Waals surface area contributed by atoms with Gasteiger partial charge in [0.25, 0.3) is 0 Å². The third-order valence-corrected chi connectivity index (χ3v) is 1.74. The van der Waals surface area contributed by atoms with Crippen LogP contribution in [-0.2, 0) is 0 Å². The number of hydrogen-bond donors (Lipinski definition) is 2. The predicted molar refractivity (Wildman–Crippen MR) is 52.4 cm³/mol. The van der Waals surface area contributed by atoms with Crippen LogP contribution in [0.15, 0.2) is 6.07 Å². The molecule has 4 nitrogen and oxygen atoms in total. The standard InChI is InChI=1S/C9H13N3O/c1-5-4-7(11)8(6(2)10)12-9(5)13-3/h4,10H,11H2,1-3H3. The quantitative estimate of drug-likeness (QED) is 0.673. The Bertz CT molecular complexity index is 347. The van der Waals surface area contributed by atoms with E-state index in [1.807, 2.05) is 6.92 Å². The van der Waals surface area contributed by atoms with Crippen LogP contribution in [0.2, 0.25) is 0 Å². The number of ether oxygens (including phenoxy) is 1.